The molecular weight excluding hydrogens is 138 g/mol. The molecule has 1 N–H and O–H groups in total. The van der Waals surface area contributed by atoms with Crippen LogP contribution in [0.5, 0.6) is 0 Å². The van der Waals surface area contributed by atoms with Gasteiger partial charge in [0, 0.05) is 13.2 Å². The Morgan fingerprint density at radius 3 is 3.11 bits per heavy atom. The SMILES string of the molecule is ClCNCC1CCCO1. The molecule has 0 aromatic carbocycles. The largest absolute Gasteiger partial charge is 0.377 e. The second-order valence-corrected chi connectivity index (χ2v) is 2.49. The summed E-state index contributed by atoms with van der Waals surface area (Å²) in [5, 5.41) is 3.03. The van der Waals surface area contributed by atoms with Crippen LogP contribution in [0.3, 0.4) is 0 Å². The molecule has 0 aliphatic carbocycles. The first-order chi connectivity index (χ1) is 4.43. The number of hydrogen-bond acceptors (Lipinski definition) is 2. The van der Waals surface area contributed by atoms with Crippen molar-refractivity contribution in [3.63, 3.8) is 0 Å². The van der Waals surface area contributed by atoms with Crippen LogP contribution in [-0.2, 0) is 4.74 Å². The summed E-state index contributed by atoms with van der Waals surface area (Å²) in [5.74, 6) is 0. The summed E-state index contributed by atoms with van der Waals surface area (Å²) in [5.41, 5.74) is 0. The van der Waals surface area contributed by atoms with Gasteiger partial charge in [-0.2, -0.15) is 0 Å². The first-order valence-electron chi connectivity index (χ1n) is 3.32. The van der Waals surface area contributed by atoms with Crippen molar-refractivity contribution in [2.75, 3.05) is 19.2 Å². The Hall–Kier alpha value is 0.210. The van der Waals surface area contributed by atoms with Crippen LogP contribution < -0.4 is 5.32 Å². The predicted molar refractivity (Wildman–Crippen MR) is 37.7 cm³/mol. The second kappa shape index (κ2) is 4.09. The van der Waals surface area contributed by atoms with Gasteiger partial charge in [0.15, 0.2) is 0 Å². The van der Waals surface area contributed by atoms with Gasteiger partial charge < -0.3 is 10.1 Å². The summed E-state index contributed by atoms with van der Waals surface area (Å²) in [7, 11) is 0. The molecule has 1 aliphatic heterocycles. The quantitative estimate of drug-likeness (QED) is 0.477. The Kier molecular flexibility index (Phi) is 3.33. The molecule has 0 amide bonds. The van der Waals surface area contributed by atoms with E-state index in [0.717, 1.165) is 13.2 Å². The monoisotopic (exact) mass is 149 g/mol. The predicted octanol–water partition coefficient (Wildman–Crippen LogP) is 0.951. The minimum Gasteiger partial charge on any atom is -0.377 e. The van der Waals surface area contributed by atoms with Crippen LogP contribution in [0.25, 0.3) is 0 Å². The van der Waals surface area contributed by atoms with E-state index in [4.69, 9.17) is 16.3 Å². The summed E-state index contributed by atoms with van der Waals surface area (Å²) >= 11 is 5.41. The molecule has 1 saturated heterocycles. The van der Waals surface area contributed by atoms with Crippen molar-refractivity contribution in [1.29, 1.82) is 0 Å². The second-order valence-electron chi connectivity index (χ2n) is 2.22. The molecule has 0 saturated carbocycles. The van der Waals surface area contributed by atoms with Crippen LogP contribution in [0.4, 0.5) is 0 Å². The summed E-state index contributed by atoms with van der Waals surface area (Å²) in [6.07, 6.45) is 2.81. The lowest BCUT2D eigenvalue weighted by molar-refractivity contribution is 0.111. The maximum atomic E-state index is 5.41. The van der Waals surface area contributed by atoms with Crippen molar-refractivity contribution in [1.82, 2.24) is 5.32 Å². The molecule has 0 aromatic heterocycles. The van der Waals surface area contributed by atoms with Gasteiger partial charge in [-0.1, -0.05) is 0 Å². The average molecular weight is 150 g/mol. The minimum absolute atomic E-state index is 0.420. The van der Waals surface area contributed by atoms with Crippen LogP contribution in [0.1, 0.15) is 12.8 Å². The Morgan fingerprint density at radius 2 is 2.56 bits per heavy atom. The van der Waals surface area contributed by atoms with E-state index in [0.29, 0.717) is 12.1 Å². The molecule has 9 heavy (non-hydrogen) atoms. The van der Waals surface area contributed by atoms with E-state index in [1.54, 1.807) is 0 Å². The molecule has 54 valence electrons. The van der Waals surface area contributed by atoms with Gasteiger partial charge >= 0.3 is 0 Å². The highest BCUT2D eigenvalue weighted by Crippen LogP contribution is 2.10. The fourth-order valence-electron chi connectivity index (χ4n) is 1.02. The molecule has 2 nitrogen and oxygen atoms in total. The number of hydrogen-bond donors (Lipinski definition) is 1. The Bertz CT molecular complexity index is 73.5. The number of ether oxygens (including phenoxy) is 1. The van der Waals surface area contributed by atoms with Crippen molar-refractivity contribution < 1.29 is 4.74 Å². The van der Waals surface area contributed by atoms with Gasteiger partial charge in [-0.25, -0.2) is 0 Å². The van der Waals surface area contributed by atoms with Crippen LogP contribution in [-0.4, -0.2) is 25.3 Å². The van der Waals surface area contributed by atoms with Crippen LogP contribution >= 0.6 is 11.6 Å². The van der Waals surface area contributed by atoms with Crippen molar-refractivity contribution in [3.8, 4) is 0 Å². The highest BCUT2D eigenvalue weighted by molar-refractivity contribution is 6.17. The lowest BCUT2D eigenvalue weighted by Gasteiger charge is -2.07. The summed E-state index contributed by atoms with van der Waals surface area (Å²) < 4.78 is 5.33. The Balaban J connectivity index is 1.98. The highest BCUT2D eigenvalue weighted by atomic mass is 35.5. The molecule has 0 radical (unpaired) electrons. The maximum absolute atomic E-state index is 5.41. The van der Waals surface area contributed by atoms with Crippen LogP contribution in [0.15, 0.2) is 0 Å². The third kappa shape index (κ3) is 2.52. The van der Waals surface area contributed by atoms with Gasteiger partial charge in [0.25, 0.3) is 0 Å². The molecule has 0 spiro atoms. The normalized spacial score (nSPS) is 27.0. The molecule has 3 heteroatoms. The maximum Gasteiger partial charge on any atom is 0.0714 e. The van der Waals surface area contributed by atoms with E-state index in [2.05, 4.69) is 5.32 Å². The van der Waals surface area contributed by atoms with Crippen molar-refractivity contribution in [2.45, 2.75) is 18.9 Å². The van der Waals surface area contributed by atoms with E-state index in [9.17, 15) is 0 Å². The molecule has 1 atom stereocenters. The number of rotatable bonds is 3. The molecule has 1 heterocycles. The van der Waals surface area contributed by atoms with Gasteiger partial charge in [0.05, 0.1) is 12.1 Å². The molecule has 1 unspecified atom stereocenters. The molecular formula is C6H12ClNO. The summed E-state index contributed by atoms with van der Waals surface area (Å²) in [6, 6.07) is 0.528. The van der Waals surface area contributed by atoms with Gasteiger partial charge in [0.1, 0.15) is 0 Å². The van der Waals surface area contributed by atoms with Crippen molar-refractivity contribution in [3.05, 3.63) is 0 Å². The van der Waals surface area contributed by atoms with Crippen LogP contribution in [0.2, 0.25) is 0 Å². The Labute approximate surface area is 60.5 Å². The van der Waals surface area contributed by atoms with Crippen molar-refractivity contribution >= 4 is 11.6 Å². The zero-order valence-corrected chi connectivity index (χ0v) is 6.16. The van der Waals surface area contributed by atoms with E-state index >= 15 is 0 Å². The number of alkyl halides is 1. The van der Waals surface area contributed by atoms with E-state index < -0.39 is 0 Å². The Morgan fingerprint density at radius 1 is 1.67 bits per heavy atom. The first-order valence-corrected chi connectivity index (χ1v) is 3.85. The number of halogens is 1. The number of nitrogens with one attached hydrogen (secondary N) is 1. The van der Waals surface area contributed by atoms with Crippen LogP contribution in [0, 0.1) is 0 Å². The smallest absolute Gasteiger partial charge is 0.0714 e. The van der Waals surface area contributed by atoms with E-state index in [1.807, 2.05) is 0 Å². The molecule has 1 rings (SSSR count). The third-order valence-corrected chi connectivity index (χ3v) is 1.68. The fourth-order valence-corrected chi connectivity index (χ4v) is 1.13. The lowest BCUT2D eigenvalue weighted by atomic mass is 10.2. The molecule has 0 bridgehead atoms. The van der Waals surface area contributed by atoms with Gasteiger partial charge in [-0.05, 0) is 12.8 Å². The van der Waals surface area contributed by atoms with E-state index in [1.165, 1.54) is 12.8 Å². The van der Waals surface area contributed by atoms with E-state index in [-0.39, 0.29) is 0 Å². The van der Waals surface area contributed by atoms with Crippen molar-refractivity contribution in [2.24, 2.45) is 0 Å². The lowest BCUT2D eigenvalue weighted by Crippen LogP contribution is -2.24. The highest BCUT2D eigenvalue weighted by Gasteiger charge is 2.13. The fraction of sp³-hybridized carbons (Fsp3) is 1.00. The zero-order chi connectivity index (χ0) is 6.53. The molecule has 0 aromatic rings. The van der Waals surface area contributed by atoms with Gasteiger partial charge in [-0.15, -0.1) is 11.6 Å². The van der Waals surface area contributed by atoms with Gasteiger partial charge in [0.2, 0.25) is 0 Å². The summed E-state index contributed by atoms with van der Waals surface area (Å²) in [4.78, 5) is 0. The third-order valence-electron chi connectivity index (χ3n) is 1.49. The minimum atomic E-state index is 0.420. The first kappa shape index (κ1) is 7.32. The average Bonchev–Trinajstić information content (AvgIpc) is 2.34. The zero-order valence-electron chi connectivity index (χ0n) is 5.40. The topological polar surface area (TPSA) is 21.3 Å². The standard InChI is InChI=1S/C6H12ClNO/c7-5-8-4-6-2-1-3-9-6/h6,8H,1-5H2. The summed E-state index contributed by atoms with van der Waals surface area (Å²) in [6.45, 7) is 1.83. The van der Waals surface area contributed by atoms with Gasteiger partial charge in [-0.3, -0.25) is 0 Å². The molecule has 1 fully saturated rings. The molecule has 1 aliphatic rings.